The summed E-state index contributed by atoms with van der Waals surface area (Å²) in [6, 6.07) is 6.75. The van der Waals surface area contributed by atoms with Crippen molar-refractivity contribution in [3.63, 3.8) is 0 Å². The van der Waals surface area contributed by atoms with Gasteiger partial charge in [0.05, 0.1) is 5.60 Å². The highest BCUT2D eigenvalue weighted by Gasteiger charge is 2.58. The van der Waals surface area contributed by atoms with Crippen molar-refractivity contribution in [1.29, 1.82) is 0 Å². The molecule has 150 valence electrons. The summed E-state index contributed by atoms with van der Waals surface area (Å²) in [5.74, 6) is 0.395. The average Bonchev–Trinajstić information content (AvgIpc) is 3.02. The van der Waals surface area contributed by atoms with Crippen LogP contribution in [0.15, 0.2) is 33.5 Å². The molecule has 9 heteroatoms. The minimum Gasteiger partial charge on any atom is -0.461 e. The first-order valence-electron chi connectivity index (χ1n) is 8.82. The second-order valence-corrected chi connectivity index (χ2v) is 7.18. The highest BCUT2D eigenvalue weighted by molar-refractivity contribution is 5.80. The normalized spacial score (nSPS) is 28.4. The third-order valence-electron chi connectivity index (χ3n) is 4.94. The van der Waals surface area contributed by atoms with Gasteiger partial charge in [0, 0.05) is 25.6 Å². The number of anilines is 1. The molecule has 2 saturated heterocycles. The van der Waals surface area contributed by atoms with Crippen molar-refractivity contribution in [1.82, 2.24) is 0 Å². The van der Waals surface area contributed by atoms with Gasteiger partial charge in [0.1, 0.15) is 23.1 Å². The molecule has 0 saturated carbocycles. The van der Waals surface area contributed by atoms with Crippen molar-refractivity contribution in [3.8, 4) is 5.75 Å². The number of benzene rings is 1. The van der Waals surface area contributed by atoms with Crippen LogP contribution in [-0.4, -0.2) is 50.5 Å². The topological polar surface area (TPSA) is 105 Å². The van der Waals surface area contributed by atoms with Crippen LogP contribution in [-0.2, 0) is 18.9 Å². The number of nitrogens with one attached hydrogen (secondary N) is 1. The Morgan fingerprint density at radius 1 is 1.11 bits per heavy atom. The van der Waals surface area contributed by atoms with E-state index >= 15 is 0 Å². The Labute approximate surface area is 160 Å². The van der Waals surface area contributed by atoms with Gasteiger partial charge in [-0.3, -0.25) is 0 Å². The van der Waals surface area contributed by atoms with Crippen LogP contribution in [0.4, 0.5) is 10.5 Å². The third kappa shape index (κ3) is 3.06. The molecule has 2 aliphatic rings. The molecule has 4 rings (SSSR count). The largest absolute Gasteiger partial charge is 0.509 e. The molecule has 0 aliphatic carbocycles. The minimum absolute atomic E-state index is 0.363. The summed E-state index contributed by atoms with van der Waals surface area (Å²) >= 11 is 0. The molecule has 1 N–H and O–H groups in total. The molecule has 0 radical (unpaired) electrons. The van der Waals surface area contributed by atoms with Gasteiger partial charge >= 0.3 is 11.8 Å². The fourth-order valence-electron chi connectivity index (χ4n) is 3.64. The Morgan fingerprint density at radius 3 is 2.57 bits per heavy atom. The van der Waals surface area contributed by atoms with Crippen LogP contribution in [0.1, 0.15) is 13.8 Å². The maximum Gasteiger partial charge on any atom is 0.509 e. The molecule has 28 heavy (non-hydrogen) atoms. The van der Waals surface area contributed by atoms with Gasteiger partial charge < -0.3 is 33.4 Å². The van der Waals surface area contributed by atoms with Crippen molar-refractivity contribution < 1.29 is 32.9 Å². The number of hydrogen-bond donors (Lipinski definition) is 1. The first-order chi connectivity index (χ1) is 13.3. The number of ether oxygens (including phenoxy) is 5. The lowest BCUT2D eigenvalue weighted by atomic mass is 9.89. The van der Waals surface area contributed by atoms with Crippen molar-refractivity contribution >= 4 is 22.8 Å². The van der Waals surface area contributed by atoms with Crippen LogP contribution >= 0.6 is 0 Å². The first-order valence-corrected chi connectivity index (χ1v) is 8.82. The maximum absolute atomic E-state index is 11.9. The average molecular weight is 391 g/mol. The number of carbonyl (C=O) groups excluding carboxylic acids is 1. The van der Waals surface area contributed by atoms with Gasteiger partial charge in [-0.05, 0) is 32.0 Å². The van der Waals surface area contributed by atoms with E-state index in [2.05, 4.69) is 5.32 Å². The van der Waals surface area contributed by atoms with Crippen LogP contribution in [0.3, 0.4) is 0 Å². The Bertz CT molecular complexity index is 968. The fraction of sp³-hybridized carbons (Fsp3) is 0.474. The fourth-order valence-corrected chi connectivity index (χ4v) is 3.64. The lowest BCUT2D eigenvalue weighted by Crippen LogP contribution is -2.62. The summed E-state index contributed by atoms with van der Waals surface area (Å²) in [4.78, 5) is 23.6. The van der Waals surface area contributed by atoms with Crippen LogP contribution in [0, 0.1) is 0 Å². The summed E-state index contributed by atoms with van der Waals surface area (Å²) < 4.78 is 33.2. The summed E-state index contributed by atoms with van der Waals surface area (Å²) in [6.45, 7) is 3.64. The van der Waals surface area contributed by atoms with Crippen LogP contribution in [0.2, 0.25) is 0 Å². The number of methoxy groups -OCH3 is 1. The molecule has 2 aliphatic heterocycles. The third-order valence-corrected chi connectivity index (χ3v) is 4.94. The lowest BCUT2D eigenvalue weighted by molar-refractivity contribution is -0.282. The van der Waals surface area contributed by atoms with E-state index in [1.165, 1.54) is 7.11 Å². The molecule has 3 heterocycles. The zero-order valence-corrected chi connectivity index (χ0v) is 15.9. The first kappa shape index (κ1) is 18.6. The van der Waals surface area contributed by atoms with E-state index in [0.717, 1.165) is 5.39 Å². The van der Waals surface area contributed by atoms with Gasteiger partial charge in [0.15, 0.2) is 6.10 Å². The lowest BCUT2D eigenvalue weighted by Gasteiger charge is -2.45. The minimum atomic E-state index is -0.918. The number of hydrogen-bond acceptors (Lipinski definition) is 9. The van der Waals surface area contributed by atoms with E-state index in [9.17, 15) is 9.59 Å². The molecule has 2 fully saturated rings. The highest BCUT2D eigenvalue weighted by Crippen LogP contribution is 2.38. The van der Waals surface area contributed by atoms with E-state index in [0.29, 0.717) is 17.0 Å². The smallest absolute Gasteiger partial charge is 0.461 e. The summed E-state index contributed by atoms with van der Waals surface area (Å²) in [5.41, 5.74) is -0.549. The standard InChI is InChI=1S/C19H21NO8/c1-19(2)15(23-4)13-14(27-18(22)26-13)17(28-19)24-10-6-5-9-7-11(20-3)16(21)25-12(9)8-10/h5-8,13-15,17,20H,1-4H3/t13?,14-,15+,17+/m0/s1. The monoisotopic (exact) mass is 391 g/mol. The van der Waals surface area contributed by atoms with Crippen LogP contribution in [0.5, 0.6) is 5.75 Å². The highest BCUT2D eigenvalue weighted by atomic mass is 16.8. The van der Waals surface area contributed by atoms with Gasteiger partial charge in [0.2, 0.25) is 12.4 Å². The maximum atomic E-state index is 11.9. The van der Waals surface area contributed by atoms with Gasteiger partial charge in [0.25, 0.3) is 0 Å². The molecule has 0 amide bonds. The SMILES string of the molecule is CNc1cc2ccc(O[C@@H]3OC(C)(C)[C@H](OC)C4OC(=O)O[C@@H]43)cc2oc1=O. The second-order valence-electron chi connectivity index (χ2n) is 7.18. The summed E-state index contributed by atoms with van der Waals surface area (Å²) in [6.07, 6.45) is -3.68. The summed E-state index contributed by atoms with van der Waals surface area (Å²) in [7, 11) is 3.16. The Hall–Kier alpha value is -2.78. The molecular weight excluding hydrogens is 370 g/mol. The van der Waals surface area contributed by atoms with Crippen molar-refractivity contribution in [2.45, 2.75) is 44.1 Å². The van der Waals surface area contributed by atoms with Crippen molar-refractivity contribution in [2.75, 3.05) is 19.5 Å². The van der Waals surface area contributed by atoms with E-state index in [1.807, 2.05) is 13.8 Å². The van der Waals surface area contributed by atoms with E-state index < -0.39 is 42.0 Å². The van der Waals surface area contributed by atoms with E-state index in [4.69, 9.17) is 28.1 Å². The molecule has 0 spiro atoms. The van der Waals surface area contributed by atoms with Gasteiger partial charge in [-0.2, -0.15) is 0 Å². The predicted molar refractivity (Wildman–Crippen MR) is 97.5 cm³/mol. The van der Waals surface area contributed by atoms with Crippen molar-refractivity contribution in [2.24, 2.45) is 0 Å². The molecule has 4 atom stereocenters. The quantitative estimate of drug-likeness (QED) is 0.620. The molecule has 2 aromatic rings. The zero-order valence-electron chi connectivity index (χ0n) is 15.9. The molecule has 1 aromatic heterocycles. The van der Waals surface area contributed by atoms with Crippen LogP contribution < -0.4 is 15.7 Å². The Morgan fingerprint density at radius 2 is 1.86 bits per heavy atom. The Kier molecular flexibility index (Phi) is 4.43. The molecule has 9 nitrogen and oxygen atoms in total. The van der Waals surface area contributed by atoms with E-state index in [-0.39, 0.29) is 0 Å². The molecule has 1 aromatic carbocycles. The van der Waals surface area contributed by atoms with Gasteiger partial charge in [-0.1, -0.05) is 0 Å². The van der Waals surface area contributed by atoms with Crippen LogP contribution in [0.25, 0.3) is 11.0 Å². The number of rotatable bonds is 4. The summed E-state index contributed by atoms with van der Waals surface area (Å²) in [5, 5.41) is 3.51. The number of carbonyl (C=O) groups is 1. The molecule has 1 unspecified atom stereocenters. The molecular formula is C19H21NO8. The Balaban J connectivity index is 1.64. The van der Waals surface area contributed by atoms with Crippen molar-refractivity contribution in [3.05, 3.63) is 34.7 Å². The van der Waals surface area contributed by atoms with E-state index in [1.54, 1.807) is 31.3 Å². The zero-order chi connectivity index (χ0) is 20.1. The van der Waals surface area contributed by atoms with Gasteiger partial charge in [-0.25, -0.2) is 9.59 Å². The predicted octanol–water partition coefficient (Wildman–Crippen LogP) is 2.27. The second kappa shape index (κ2) is 6.68. The molecule has 0 bridgehead atoms. The van der Waals surface area contributed by atoms with Gasteiger partial charge in [-0.15, -0.1) is 0 Å². The number of fused-ring (bicyclic) bond motifs is 2.